The van der Waals surface area contributed by atoms with Gasteiger partial charge >= 0.3 is 0 Å². The number of benzene rings is 1. The van der Waals surface area contributed by atoms with Crippen LogP contribution in [0.2, 0.25) is 5.02 Å². The fourth-order valence-corrected chi connectivity index (χ4v) is 2.03. The molecule has 0 saturated heterocycles. The molecular formula is C12H12ClNO. The average molecular weight is 222 g/mol. The molecule has 0 aliphatic heterocycles. The third kappa shape index (κ3) is 1.65. The molecule has 0 saturated carbocycles. The van der Waals surface area contributed by atoms with Gasteiger partial charge in [0.1, 0.15) is 0 Å². The summed E-state index contributed by atoms with van der Waals surface area (Å²) >= 11 is 6.02. The SMILES string of the molecule is CC(C)c1c[nH]c(=O)c2c(Cl)cccc12. The lowest BCUT2D eigenvalue weighted by molar-refractivity contribution is 0.867. The minimum atomic E-state index is -0.125. The Balaban J connectivity index is 2.95. The van der Waals surface area contributed by atoms with Gasteiger partial charge in [-0.3, -0.25) is 4.79 Å². The molecule has 0 aliphatic carbocycles. The molecule has 2 nitrogen and oxygen atoms in total. The smallest absolute Gasteiger partial charge is 0.257 e. The van der Waals surface area contributed by atoms with Gasteiger partial charge in [-0.05, 0) is 22.9 Å². The maximum Gasteiger partial charge on any atom is 0.257 e. The van der Waals surface area contributed by atoms with Gasteiger partial charge in [0, 0.05) is 6.20 Å². The lowest BCUT2D eigenvalue weighted by atomic mass is 9.99. The summed E-state index contributed by atoms with van der Waals surface area (Å²) in [6, 6.07) is 5.55. The minimum Gasteiger partial charge on any atom is -0.328 e. The van der Waals surface area contributed by atoms with Crippen molar-refractivity contribution in [2.75, 3.05) is 0 Å². The van der Waals surface area contributed by atoms with Crippen LogP contribution >= 0.6 is 11.6 Å². The largest absolute Gasteiger partial charge is 0.328 e. The third-order valence-corrected chi connectivity index (χ3v) is 2.85. The van der Waals surface area contributed by atoms with Crippen LogP contribution in [0.25, 0.3) is 10.8 Å². The van der Waals surface area contributed by atoms with Crippen molar-refractivity contribution in [3.8, 4) is 0 Å². The van der Waals surface area contributed by atoms with Crippen LogP contribution in [0.15, 0.2) is 29.2 Å². The molecule has 0 spiro atoms. The molecule has 1 aromatic carbocycles. The highest BCUT2D eigenvalue weighted by atomic mass is 35.5. The number of fused-ring (bicyclic) bond motifs is 1. The Bertz CT molecular complexity index is 557. The van der Waals surface area contributed by atoms with Crippen LogP contribution in [0.1, 0.15) is 25.3 Å². The second-order valence-corrected chi connectivity index (χ2v) is 4.30. The Labute approximate surface area is 92.9 Å². The third-order valence-electron chi connectivity index (χ3n) is 2.53. The van der Waals surface area contributed by atoms with Crippen LogP contribution in [0.3, 0.4) is 0 Å². The number of hydrogen-bond donors (Lipinski definition) is 1. The predicted molar refractivity (Wildman–Crippen MR) is 63.7 cm³/mol. The Morgan fingerprint density at radius 3 is 2.73 bits per heavy atom. The number of rotatable bonds is 1. The van der Waals surface area contributed by atoms with Gasteiger partial charge < -0.3 is 4.98 Å². The summed E-state index contributed by atoms with van der Waals surface area (Å²) in [6.07, 6.45) is 1.77. The van der Waals surface area contributed by atoms with Gasteiger partial charge in [0.05, 0.1) is 10.4 Å². The van der Waals surface area contributed by atoms with Crippen LogP contribution in [-0.4, -0.2) is 4.98 Å². The van der Waals surface area contributed by atoms with E-state index in [-0.39, 0.29) is 5.56 Å². The van der Waals surface area contributed by atoms with Crippen molar-refractivity contribution in [2.45, 2.75) is 19.8 Å². The van der Waals surface area contributed by atoms with Crippen LogP contribution < -0.4 is 5.56 Å². The summed E-state index contributed by atoms with van der Waals surface area (Å²) in [7, 11) is 0. The van der Waals surface area contributed by atoms with E-state index in [1.807, 2.05) is 12.1 Å². The molecule has 0 fully saturated rings. The van der Waals surface area contributed by atoms with E-state index in [4.69, 9.17) is 11.6 Å². The van der Waals surface area contributed by atoms with E-state index in [1.165, 1.54) is 0 Å². The Hall–Kier alpha value is -1.28. The number of hydrogen-bond acceptors (Lipinski definition) is 1. The first kappa shape index (κ1) is 10.2. The van der Waals surface area contributed by atoms with E-state index < -0.39 is 0 Å². The van der Waals surface area contributed by atoms with Gasteiger partial charge in [-0.25, -0.2) is 0 Å². The quantitative estimate of drug-likeness (QED) is 0.788. The number of H-pyrrole nitrogens is 1. The zero-order valence-electron chi connectivity index (χ0n) is 8.67. The lowest BCUT2D eigenvalue weighted by Gasteiger charge is -2.09. The average Bonchev–Trinajstić information content (AvgIpc) is 2.17. The standard InChI is InChI=1S/C12H12ClNO/c1-7(2)9-6-14-12(15)11-8(9)4-3-5-10(11)13/h3-7H,1-2H3,(H,14,15). The fraction of sp³-hybridized carbons (Fsp3) is 0.250. The summed E-state index contributed by atoms with van der Waals surface area (Å²) in [6.45, 7) is 4.18. The molecule has 1 aromatic heterocycles. The molecule has 2 rings (SSSR count). The maximum absolute atomic E-state index is 11.6. The molecule has 78 valence electrons. The van der Waals surface area contributed by atoms with Crippen molar-refractivity contribution in [1.82, 2.24) is 4.98 Å². The molecular weight excluding hydrogens is 210 g/mol. The van der Waals surface area contributed by atoms with Crippen LogP contribution in [0, 0.1) is 0 Å². The summed E-state index contributed by atoms with van der Waals surface area (Å²) in [5.41, 5.74) is 0.993. The van der Waals surface area contributed by atoms with Crippen molar-refractivity contribution < 1.29 is 0 Å². The highest BCUT2D eigenvalue weighted by Gasteiger charge is 2.09. The number of halogens is 1. The fourth-order valence-electron chi connectivity index (χ4n) is 1.77. The number of nitrogens with one attached hydrogen (secondary N) is 1. The normalized spacial score (nSPS) is 11.2. The molecule has 0 unspecified atom stereocenters. The van der Waals surface area contributed by atoms with Gasteiger partial charge in [-0.2, -0.15) is 0 Å². The molecule has 0 aliphatic rings. The van der Waals surface area contributed by atoms with Crippen LogP contribution in [-0.2, 0) is 0 Å². The predicted octanol–water partition coefficient (Wildman–Crippen LogP) is 3.30. The van der Waals surface area contributed by atoms with Crippen molar-refractivity contribution in [2.24, 2.45) is 0 Å². The van der Waals surface area contributed by atoms with Crippen molar-refractivity contribution in [3.63, 3.8) is 0 Å². The first-order chi connectivity index (χ1) is 7.11. The minimum absolute atomic E-state index is 0.125. The Morgan fingerprint density at radius 2 is 2.07 bits per heavy atom. The molecule has 1 N–H and O–H groups in total. The summed E-state index contributed by atoms with van der Waals surface area (Å²) < 4.78 is 0. The molecule has 15 heavy (non-hydrogen) atoms. The number of pyridine rings is 1. The van der Waals surface area contributed by atoms with E-state index in [1.54, 1.807) is 12.3 Å². The van der Waals surface area contributed by atoms with Crippen LogP contribution in [0.5, 0.6) is 0 Å². The van der Waals surface area contributed by atoms with E-state index in [0.717, 1.165) is 10.9 Å². The van der Waals surface area contributed by atoms with Crippen molar-refractivity contribution >= 4 is 22.4 Å². The first-order valence-electron chi connectivity index (χ1n) is 4.91. The zero-order valence-corrected chi connectivity index (χ0v) is 9.43. The second kappa shape index (κ2) is 3.70. The topological polar surface area (TPSA) is 32.9 Å². The van der Waals surface area contributed by atoms with E-state index in [2.05, 4.69) is 18.8 Å². The number of aromatic nitrogens is 1. The molecule has 0 atom stereocenters. The van der Waals surface area contributed by atoms with Gasteiger partial charge in [-0.15, -0.1) is 0 Å². The Kier molecular flexibility index (Phi) is 2.53. The maximum atomic E-state index is 11.6. The zero-order chi connectivity index (χ0) is 11.0. The first-order valence-corrected chi connectivity index (χ1v) is 5.29. The van der Waals surface area contributed by atoms with Gasteiger partial charge in [0.25, 0.3) is 5.56 Å². The van der Waals surface area contributed by atoms with E-state index >= 15 is 0 Å². The summed E-state index contributed by atoms with van der Waals surface area (Å²) in [4.78, 5) is 14.4. The highest BCUT2D eigenvalue weighted by molar-refractivity contribution is 6.35. The molecule has 1 heterocycles. The van der Waals surface area contributed by atoms with Crippen LogP contribution in [0.4, 0.5) is 0 Å². The van der Waals surface area contributed by atoms with E-state index in [0.29, 0.717) is 16.3 Å². The van der Waals surface area contributed by atoms with Gasteiger partial charge in [-0.1, -0.05) is 37.6 Å². The van der Waals surface area contributed by atoms with Gasteiger partial charge in [0.15, 0.2) is 0 Å². The summed E-state index contributed by atoms with van der Waals surface area (Å²) in [5, 5.41) is 2.04. The molecule has 3 heteroatoms. The Morgan fingerprint density at radius 1 is 1.33 bits per heavy atom. The monoisotopic (exact) mass is 221 g/mol. The van der Waals surface area contributed by atoms with Gasteiger partial charge in [0.2, 0.25) is 0 Å². The highest BCUT2D eigenvalue weighted by Crippen LogP contribution is 2.26. The summed E-state index contributed by atoms with van der Waals surface area (Å²) in [5.74, 6) is 0.364. The molecule has 0 radical (unpaired) electrons. The van der Waals surface area contributed by atoms with Crippen molar-refractivity contribution in [1.29, 1.82) is 0 Å². The molecule has 2 aromatic rings. The molecule has 0 bridgehead atoms. The lowest BCUT2D eigenvalue weighted by Crippen LogP contribution is -2.08. The van der Waals surface area contributed by atoms with E-state index in [9.17, 15) is 4.79 Å². The van der Waals surface area contributed by atoms with Crippen molar-refractivity contribution in [3.05, 3.63) is 45.3 Å². The number of aromatic amines is 1. The molecule has 0 amide bonds. The second-order valence-electron chi connectivity index (χ2n) is 3.89.